The van der Waals surface area contributed by atoms with Crippen LogP contribution in [-0.4, -0.2) is 44.8 Å². The maximum absolute atomic E-state index is 12.3. The van der Waals surface area contributed by atoms with E-state index in [1.165, 1.54) is 45.0 Å². The van der Waals surface area contributed by atoms with Crippen LogP contribution in [0.1, 0.15) is 38.1 Å². The fourth-order valence-corrected chi connectivity index (χ4v) is 3.06. The summed E-state index contributed by atoms with van der Waals surface area (Å²) in [6, 6.07) is 4.13. The van der Waals surface area contributed by atoms with Crippen LogP contribution in [0.2, 0.25) is 0 Å². The minimum Gasteiger partial charge on any atom is -0.451 e. The molecular weight excluding hydrogens is 348 g/mol. The van der Waals surface area contributed by atoms with Gasteiger partial charge in [0.05, 0.1) is 4.90 Å². The van der Waals surface area contributed by atoms with Crippen LogP contribution < -0.4 is 10.0 Å². The normalized spacial score (nSPS) is 13.6. The van der Waals surface area contributed by atoms with Gasteiger partial charge in [0.25, 0.3) is 5.91 Å². The van der Waals surface area contributed by atoms with Crippen molar-refractivity contribution in [3.05, 3.63) is 29.8 Å². The van der Waals surface area contributed by atoms with E-state index in [0.29, 0.717) is 12.1 Å². The van der Waals surface area contributed by atoms with Crippen molar-refractivity contribution in [1.29, 1.82) is 0 Å². The summed E-state index contributed by atoms with van der Waals surface area (Å²) in [5.74, 6) is -1.53. The Bertz CT molecular complexity index is 742. The molecule has 8 nitrogen and oxygen atoms in total. The van der Waals surface area contributed by atoms with Crippen LogP contribution in [0.3, 0.4) is 0 Å². The van der Waals surface area contributed by atoms with Gasteiger partial charge >= 0.3 is 5.97 Å². The second-order valence-corrected chi connectivity index (χ2v) is 7.11. The number of amides is 1. The molecule has 0 spiro atoms. The van der Waals surface area contributed by atoms with Gasteiger partial charge in [0.1, 0.15) is 6.04 Å². The summed E-state index contributed by atoms with van der Waals surface area (Å²) in [6.07, 6.45) is -1.03. The number of hydrogen-bond donors (Lipinski definition) is 2. The summed E-state index contributed by atoms with van der Waals surface area (Å²) in [4.78, 5) is 34.6. The van der Waals surface area contributed by atoms with Crippen molar-refractivity contribution < 1.29 is 27.5 Å². The molecule has 0 saturated heterocycles. The number of rotatable bonds is 8. The van der Waals surface area contributed by atoms with Crippen molar-refractivity contribution >= 4 is 27.7 Å². The molecule has 9 heteroatoms. The zero-order chi connectivity index (χ0) is 19.2. The van der Waals surface area contributed by atoms with Crippen LogP contribution in [0.15, 0.2) is 29.2 Å². The number of ketones is 1. The van der Waals surface area contributed by atoms with E-state index in [1.54, 1.807) is 6.92 Å². The first kappa shape index (κ1) is 20.8. The predicted octanol–water partition coefficient (Wildman–Crippen LogP) is 0.624. The Morgan fingerprint density at radius 3 is 2.16 bits per heavy atom. The minimum atomic E-state index is -3.98. The summed E-state index contributed by atoms with van der Waals surface area (Å²) < 4.78 is 31.6. The fraction of sp³-hybridized carbons (Fsp3) is 0.438. The average Bonchev–Trinajstić information content (AvgIpc) is 2.54. The maximum Gasteiger partial charge on any atom is 0.324 e. The molecule has 0 aliphatic rings. The molecule has 0 heterocycles. The number of esters is 1. The van der Waals surface area contributed by atoms with Gasteiger partial charge in [-0.25, -0.2) is 8.42 Å². The van der Waals surface area contributed by atoms with Gasteiger partial charge in [-0.15, -0.1) is 0 Å². The van der Waals surface area contributed by atoms with Gasteiger partial charge in [-0.1, -0.05) is 12.1 Å². The smallest absolute Gasteiger partial charge is 0.324 e. The third-order valence-corrected chi connectivity index (χ3v) is 4.83. The fourth-order valence-electron chi connectivity index (χ4n) is 1.87. The predicted molar refractivity (Wildman–Crippen MR) is 90.5 cm³/mol. The first-order valence-electron chi connectivity index (χ1n) is 7.70. The Labute approximate surface area is 147 Å². The monoisotopic (exact) mass is 370 g/mol. The highest BCUT2D eigenvalue weighted by Crippen LogP contribution is 2.12. The van der Waals surface area contributed by atoms with Crippen LogP contribution in [0.5, 0.6) is 0 Å². The lowest BCUT2D eigenvalue weighted by Crippen LogP contribution is -2.43. The zero-order valence-electron chi connectivity index (χ0n) is 14.5. The Kier molecular flexibility index (Phi) is 7.25. The van der Waals surface area contributed by atoms with Gasteiger partial charge in [0.2, 0.25) is 10.0 Å². The number of carbonyl (C=O) groups excluding carboxylic acids is 3. The molecule has 25 heavy (non-hydrogen) atoms. The number of likely N-dealkylation sites (N-methyl/N-ethyl adjacent to an activating group) is 1. The number of Topliss-reactive ketones (excluding diaryl/α,β-unsaturated/α-hetero) is 1. The van der Waals surface area contributed by atoms with E-state index in [1.807, 2.05) is 0 Å². The second kappa shape index (κ2) is 8.72. The molecule has 0 radical (unpaired) electrons. The SMILES string of the molecule is CCNC(=O)[C@H](C)OC(=O)[C@H](C)NS(=O)(=O)c1ccc(C(C)=O)cc1. The molecule has 0 fully saturated rings. The number of carbonyl (C=O) groups is 3. The van der Waals surface area contributed by atoms with Crippen molar-refractivity contribution in [2.75, 3.05) is 6.54 Å². The lowest BCUT2D eigenvalue weighted by Gasteiger charge is -2.17. The largest absolute Gasteiger partial charge is 0.451 e. The Hall–Kier alpha value is -2.26. The van der Waals surface area contributed by atoms with Gasteiger partial charge < -0.3 is 10.1 Å². The Morgan fingerprint density at radius 1 is 1.12 bits per heavy atom. The molecule has 0 unspecified atom stereocenters. The summed E-state index contributed by atoms with van der Waals surface area (Å²) in [5, 5.41) is 2.50. The molecule has 0 saturated carbocycles. The minimum absolute atomic E-state index is 0.0890. The Balaban J connectivity index is 2.76. The van der Waals surface area contributed by atoms with Crippen LogP contribution in [-0.2, 0) is 24.3 Å². The number of benzene rings is 1. The highest BCUT2D eigenvalue weighted by atomic mass is 32.2. The number of ether oxygens (including phenoxy) is 1. The number of sulfonamides is 1. The lowest BCUT2D eigenvalue weighted by molar-refractivity contribution is -0.156. The lowest BCUT2D eigenvalue weighted by atomic mass is 10.2. The molecule has 1 aromatic carbocycles. The maximum atomic E-state index is 12.3. The topological polar surface area (TPSA) is 119 Å². The highest BCUT2D eigenvalue weighted by molar-refractivity contribution is 7.89. The van der Waals surface area contributed by atoms with Crippen molar-refractivity contribution in [1.82, 2.24) is 10.0 Å². The van der Waals surface area contributed by atoms with Crippen LogP contribution in [0, 0.1) is 0 Å². The van der Waals surface area contributed by atoms with E-state index in [0.717, 1.165) is 0 Å². The highest BCUT2D eigenvalue weighted by Gasteiger charge is 2.26. The number of nitrogens with one attached hydrogen (secondary N) is 2. The molecule has 0 aliphatic carbocycles. The van der Waals surface area contributed by atoms with E-state index in [4.69, 9.17) is 4.74 Å². The third-order valence-electron chi connectivity index (χ3n) is 3.27. The van der Waals surface area contributed by atoms with Gasteiger partial charge in [-0.3, -0.25) is 14.4 Å². The van der Waals surface area contributed by atoms with Crippen LogP contribution >= 0.6 is 0 Å². The molecular formula is C16H22N2O6S. The van der Waals surface area contributed by atoms with Crippen LogP contribution in [0.25, 0.3) is 0 Å². The van der Waals surface area contributed by atoms with Crippen molar-refractivity contribution in [2.45, 2.75) is 44.7 Å². The van der Waals surface area contributed by atoms with E-state index >= 15 is 0 Å². The summed E-state index contributed by atoms with van der Waals surface area (Å²) >= 11 is 0. The standard InChI is InChI=1S/C16H22N2O6S/c1-5-17-15(20)12(4)24-16(21)10(2)18-25(22,23)14-8-6-13(7-9-14)11(3)19/h6-10,12,18H,5H2,1-4H3,(H,17,20)/t10-,12-/m0/s1. The molecule has 0 aromatic heterocycles. The molecule has 1 aromatic rings. The molecule has 2 atom stereocenters. The van der Waals surface area contributed by atoms with Gasteiger partial charge in [-0.05, 0) is 39.8 Å². The van der Waals surface area contributed by atoms with Crippen molar-refractivity contribution in [3.63, 3.8) is 0 Å². The zero-order valence-corrected chi connectivity index (χ0v) is 15.3. The van der Waals surface area contributed by atoms with Gasteiger partial charge in [0.15, 0.2) is 11.9 Å². The summed E-state index contributed by atoms with van der Waals surface area (Å²) in [6.45, 7) is 6.19. The molecule has 1 amide bonds. The summed E-state index contributed by atoms with van der Waals surface area (Å²) in [7, 11) is -3.98. The van der Waals surface area contributed by atoms with Gasteiger partial charge in [-0.2, -0.15) is 4.72 Å². The van der Waals surface area contributed by atoms with Gasteiger partial charge in [0, 0.05) is 12.1 Å². The third kappa shape index (κ3) is 5.95. The Morgan fingerprint density at radius 2 is 1.68 bits per heavy atom. The van der Waals surface area contributed by atoms with E-state index in [-0.39, 0.29) is 10.7 Å². The average molecular weight is 370 g/mol. The quantitative estimate of drug-likeness (QED) is 0.512. The van der Waals surface area contributed by atoms with E-state index in [9.17, 15) is 22.8 Å². The van der Waals surface area contributed by atoms with Crippen molar-refractivity contribution in [3.8, 4) is 0 Å². The molecule has 138 valence electrons. The van der Waals surface area contributed by atoms with Crippen LogP contribution in [0.4, 0.5) is 0 Å². The first-order valence-corrected chi connectivity index (χ1v) is 9.18. The second-order valence-electron chi connectivity index (χ2n) is 5.40. The first-order chi connectivity index (χ1) is 11.6. The van der Waals surface area contributed by atoms with E-state index in [2.05, 4.69) is 10.0 Å². The number of hydrogen-bond acceptors (Lipinski definition) is 6. The summed E-state index contributed by atoms with van der Waals surface area (Å²) in [5.41, 5.74) is 0.377. The molecule has 2 N–H and O–H groups in total. The molecule has 1 rings (SSSR count). The van der Waals surface area contributed by atoms with Crippen molar-refractivity contribution in [2.24, 2.45) is 0 Å². The van der Waals surface area contributed by atoms with E-state index < -0.39 is 34.0 Å². The molecule has 0 aliphatic heterocycles. The molecule has 0 bridgehead atoms.